The second-order valence-corrected chi connectivity index (χ2v) is 13.6. The van der Waals surface area contributed by atoms with Gasteiger partial charge in [0.25, 0.3) is 0 Å². The van der Waals surface area contributed by atoms with Crippen molar-refractivity contribution in [2.45, 2.75) is 226 Å². The van der Waals surface area contributed by atoms with Gasteiger partial charge < -0.3 is 9.84 Å². The summed E-state index contributed by atoms with van der Waals surface area (Å²) in [4.78, 5) is 12.0. The van der Waals surface area contributed by atoms with Crippen LogP contribution in [0.3, 0.4) is 0 Å². The number of carbonyl (C=O) groups excluding carboxylic acids is 1. The molecule has 0 aliphatic rings. The lowest BCUT2D eigenvalue weighted by molar-refractivity contribution is -0.146. The molecule has 0 aromatic rings. The first-order valence-corrected chi connectivity index (χ1v) is 18.9. The van der Waals surface area contributed by atoms with Crippen LogP contribution in [0.1, 0.15) is 220 Å². The van der Waals surface area contributed by atoms with E-state index in [2.05, 4.69) is 20.8 Å². The molecule has 0 rings (SSSR count). The van der Waals surface area contributed by atoms with E-state index in [1.165, 1.54) is 167 Å². The van der Waals surface area contributed by atoms with Gasteiger partial charge in [0, 0.05) is 6.42 Å². The number of unbranched alkanes of at least 4 members (excludes halogenated alkanes) is 26. The molecule has 0 fully saturated rings. The summed E-state index contributed by atoms with van der Waals surface area (Å²) in [5, 5.41) is 10.1. The van der Waals surface area contributed by atoms with Gasteiger partial charge in [0.05, 0.1) is 6.10 Å². The van der Waals surface area contributed by atoms with E-state index in [4.69, 9.17) is 4.74 Å². The molecule has 0 radical (unpaired) electrons. The lowest BCUT2D eigenvalue weighted by Crippen LogP contribution is -2.18. The maximum atomic E-state index is 12.0. The molecule has 246 valence electrons. The van der Waals surface area contributed by atoms with Gasteiger partial charge in [-0.1, -0.05) is 201 Å². The summed E-state index contributed by atoms with van der Waals surface area (Å²) in [5.41, 5.74) is 0. The Morgan fingerprint density at radius 3 is 1.17 bits per heavy atom. The van der Waals surface area contributed by atoms with Gasteiger partial charge in [-0.05, 0) is 18.8 Å². The van der Waals surface area contributed by atoms with Crippen molar-refractivity contribution >= 4 is 5.97 Å². The lowest BCUT2D eigenvalue weighted by atomic mass is 10.0. The fraction of sp³-hybridized carbons (Fsp3) is 0.974. The van der Waals surface area contributed by atoms with Crippen LogP contribution in [0, 0.1) is 5.92 Å². The maximum Gasteiger partial charge on any atom is 0.305 e. The van der Waals surface area contributed by atoms with Crippen LogP contribution in [0.5, 0.6) is 0 Å². The van der Waals surface area contributed by atoms with Crippen molar-refractivity contribution in [2.24, 2.45) is 5.92 Å². The van der Waals surface area contributed by atoms with Gasteiger partial charge in [-0.3, -0.25) is 4.79 Å². The topological polar surface area (TPSA) is 46.5 Å². The molecule has 3 nitrogen and oxygen atoms in total. The molecule has 1 N–H and O–H groups in total. The smallest absolute Gasteiger partial charge is 0.305 e. The van der Waals surface area contributed by atoms with Gasteiger partial charge in [0.2, 0.25) is 0 Å². The Kier molecular flexibility index (Phi) is 33.5. The molecule has 0 aromatic carbocycles. The monoisotopic (exact) mass is 581 g/mol. The third-order valence-corrected chi connectivity index (χ3v) is 8.74. The zero-order valence-corrected chi connectivity index (χ0v) is 28.5. The van der Waals surface area contributed by atoms with Crippen LogP contribution in [0.4, 0.5) is 0 Å². The van der Waals surface area contributed by atoms with E-state index in [1.54, 1.807) is 0 Å². The van der Waals surface area contributed by atoms with Gasteiger partial charge in [-0.25, -0.2) is 0 Å². The van der Waals surface area contributed by atoms with Crippen molar-refractivity contribution in [3.05, 3.63) is 0 Å². The van der Waals surface area contributed by atoms with Crippen LogP contribution in [0.2, 0.25) is 0 Å². The summed E-state index contributed by atoms with van der Waals surface area (Å²) in [6.07, 6.45) is 39.6. The highest BCUT2D eigenvalue weighted by atomic mass is 16.5. The number of rotatable bonds is 34. The first-order chi connectivity index (χ1) is 20.1. The number of ether oxygens (including phenoxy) is 1. The van der Waals surface area contributed by atoms with E-state index in [-0.39, 0.29) is 12.6 Å². The number of carbonyl (C=O) groups is 1. The van der Waals surface area contributed by atoms with E-state index in [9.17, 15) is 9.90 Å². The molecule has 3 heteroatoms. The molecule has 0 bridgehead atoms. The number of hydrogen-bond acceptors (Lipinski definition) is 3. The Morgan fingerprint density at radius 1 is 0.488 bits per heavy atom. The van der Waals surface area contributed by atoms with Gasteiger partial charge in [0.15, 0.2) is 0 Å². The highest BCUT2D eigenvalue weighted by Crippen LogP contribution is 2.16. The minimum absolute atomic E-state index is 0.135. The number of aliphatic hydroxyl groups excluding tert-OH is 1. The average molecular weight is 581 g/mol. The summed E-state index contributed by atoms with van der Waals surface area (Å²) >= 11 is 0. The Balaban J connectivity index is 3.27. The number of esters is 1. The minimum atomic E-state index is -0.495. The Labute approximate surface area is 258 Å². The van der Waals surface area contributed by atoms with Crippen LogP contribution >= 0.6 is 0 Å². The molecule has 0 aliphatic carbocycles. The van der Waals surface area contributed by atoms with Crippen LogP contribution in [-0.2, 0) is 9.53 Å². The quantitative estimate of drug-likeness (QED) is 0.0608. The first-order valence-electron chi connectivity index (χ1n) is 18.9. The Hall–Kier alpha value is -0.570. The summed E-state index contributed by atoms with van der Waals surface area (Å²) in [6.45, 7) is 7.10. The molecule has 0 saturated heterocycles. The predicted octanol–water partition coefficient (Wildman–Crippen LogP) is 12.7. The maximum absolute atomic E-state index is 12.0. The first kappa shape index (κ1) is 40.4. The van der Waals surface area contributed by atoms with E-state index in [1.807, 2.05) is 0 Å². The third kappa shape index (κ3) is 35.5. The van der Waals surface area contributed by atoms with E-state index in [0.717, 1.165) is 31.6 Å². The van der Waals surface area contributed by atoms with Crippen molar-refractivity contribution in [3.63, 3.8) is 0 Å². The summed E-state index contributed by atoms with van der Waals surface area (Å²) in [7, 11) is 0. The number of aliphatic hydroxyl groups is 1. The average Bonchev–Trinajstić information content (AvgIpc) is 2.95. The van der Waals surface area contributed by atoms with Crippen molar-refractivity contribution in [1.29, 1.82) is 0 Å². The van der Waals surface area contributed by atoms with Gasteiger partial charge in [-0.2, -0.15) is 0 Å². The molecule has 0 saturated carbocycles. The Morgan fingerprint density at radius 2 is 0.805 bits per heavy atom. The van der Waals surface area contributed by atoms with Gasteiger partial charge >= 0.3 is 5.97 Å². The minimum Gasteiger partial charge on any atom is -0.463 e. The van der Waals surface area contributed by atoms with Crippen molar-refractivity contribution in [3.8, 4) is 0 Å². The van der Waals surface area contributed by atoms with Crippen LogP contribution < -0.4 is 0 Å². The van der Waals surface area contributed by atoms with E-state index < -0.39 is 6.10 Å². The van der Waals surface area contributed by atoms with E-state index >= 15 is 0 Å². The fourth-order valence-corrected chi connectivity index (χ4v) is 5.86. The molecule has 0 heterocycles. The fourth-order valence-electron chi connectivity index (χ4n) is 5.86. The highest BCUT2D eigenvalue weighted by molar-refractivity contribution is 5.69. The molecule has 0 amide bonds. The summed E-state index contributed by atoms with van der Waals surface area (Å²) in [5.74, 6) is 0.723. The van der Waals surface area contributed by atoms with Crippen molar-refractivity contribution in [2.75, 3.05) is 6.61 Å². The van der Waals surface area contributed by atoms with Crippen molar-refractivity contribution < 1.29 is 14.6 Å². The molecule has 1 atom stereocenters. The number of hydrogen-bond donors (Lipinski definition) is 1. The second kappa shape index (κ2) is 33.9. The summed E-state index contributed by atoms with van der Waals surface area (Å²) in [6, 6.07) is 0. The normalized spacial score (nSPS) is 12.3. The lowest BCUT2D eigenvalue weighted by Gasteiger charge is -2.11. The zero-order chi connectivity index (χ0) is 30.1. The van der Waals surface area contributed by atoms with Gasteiger partial charge in [0.1, 0.15) is 6.61 Å². The molecule has 1 unspecified atom stereocenters. The molecule has 0 spiro atoms. The predicted molar refractivity (Wildman–Crippen MR) is 181 cm³/mol. The summed E-state index contributed by atoms with van der Waals surface area (Å²) < 4.78 is 5.31. The SMILES string of the molecule is CCCCCCCCCCCCCCCCCCC(O)COC(=O)CCCCCCCCCCCCCCC(C)C. The van der Waals surface area contributed by atoms with Gasteiger partial charge in [-0.15, -0.1) is 0 Å². The molecule has 0 aromatic heterocycles. The molecular formula is C38H76O3. The Bertz CT molecular complexity index is 504. The zero-order valence-electron chi connectivity index (χ0n) is 28.5. The van der Waals surface area contributed by atoms with Crippen molar-refractivity contribution in [1.82, 2.24) is 0 Å². The second-order valence-electron chi connectivity index (χ2n) is 13.6. The van der Waals surface area contributed by atoms with Crippen LogP contribution in [0.25, 0.3) is 0 Å². The highest BCUT2D eigenvalue weighted by Gasteiger charge is 2.09. The largest absolute Gasteiger partial charge is 0.463 e. The molecular weight excluding hydrogens is 504 g/mol. The van der Waals surface area contributed by atoms with E-state index in [0.29, 0.717) is 6.42 Å². The van der Waals surface area contributed by atoms with Crippen LogP contribution in [0.15, 0.2) is 0 Å². The van der Waals surface area contributed by atoms with Crippen LogP contribution in [-0.4, -0.2) is 23.8 Å². The molecule has 41 heavy (non-hydrogen) atoms. The molecule has 0 aliphatic heterocycles. The standard InChI is InChI=1S/C38H76O3/c1-4-5-6-7-8-9-10-11-12-13-14-18-21-24-27-30-33-37(39)35-41-38(40)34-31-28-25-22-19-16-15-17-20-23-26-29-32-36(2)3/h36-37,39H,4-35H2,1-3H3. The third-order valence-electron chi connectivity index (χ3n) is 8.74.